The molecule has 1 atom stereocenters. The van der Waals surface area contributed by atoms with Crippen molar-refractivity contribution < 1.29 is 19.0 Å². The third-order valence-corrected chi connectivity index (χ3v) is 5.50. The molecule has 0 spiro atoms. The largest absolute Gasteiger partial charge is 0.481 e. The Kier molecular flexibility index (Phi) is 10.3. The first-order valence-corrected chi connectivity index (χ1v) is 10.5. The number of unbranched alkanes of at least 4 members (excludes halogenated alkanes) is 2. The third kappa shape index (κ3) is 7.71. The van der Waals surface area contributed by atoms with Crippen LogP contribution >= 0.6 is 12.4 Å². The fourth-order valence-corrected chi connectivity index (χ4v) is 3.86. The van der Waals surface area contributed by atoms with Gasteiger partial charge in [0, 0.05) is 19.5 Å². The monoisotopic (exact) mass is 435 g/mol. The first kappa shape index (κ1) is 24.3. The van der Waals surface area contributed by atoms with Crippen molar-refractivity contribution in [1.82, 2.24) is 4.90 Å². The fourth-order valence-electron chi connectivity index (χ4n) is 3.86. The molecule has 4 nitrogen and oxygen atoms in total. The number of piperidine rings is 1. The number of benzene rings is 2. The van der Waals surface area contributed by atoms with Crippen molar-refractivity contribution in [2.45, 2.75) is 50.7 Å². The molecule has 0 saturated carbocycles. The normalized spacial score (nSPS) is 16.0. The van der Waals surface area contributed by atoms with Crippen LogP contribution in [0.3, 0.4) is 0 Å². The molecule has 0 amide bonds. The molecule has 1 aliphatic rings. The lowest BCUT2D eigenvalue weighted by Gasteiger charge is -2.34. The molecule has 1 heterocycles. The van der Waals surface area contributed by atoms with E-state index in [0.717, 1.165) is 62.9 Å². The summed E-state index contributed by atoms with van der Waals surface area (Å²) in [6, 6.07) is 16.7. The number of hydrogen-bond acceptors (Lipinski definition) is 3. The molecule has 1 fully saturated rings. The Morgan fingerprint density at radius 3 is 2.27 bits per heavy atom. The predicted molar refractivity (Wildman–Crippen MR) is 119 cm³/mol. The molecule has 2 aromatic rings. The highest BCUT2D eigenvalue weighted by Gasteiger charge is 2.24. The molecule has 2 aromatic carbocycles. The van der Waals surface area contributed by atoms with E-state index in [2.05, 4.69) is 17.0 Å². The molecular weight excluding hydrogens is 405 g/mol. The summed E-state index contributed by atoms with van der Waals surface area (Å²) in [7, 11) is 0. The summed E-state index contributed by atoms with van der Waals surface area (Å²) in [5.41, 5.74) is 2.05. The van der Waals surface area contributed by atoms with Crippen LogP contribution in [0.2, 0.25) is 0 Å². The number of carboxylic acids is 1. The zero-order valence-electron chi connectivity index (χ0n) is 17.2. The molecule has 0 aliphatic carbocycles. The van der Waals surface area contributed by atoms with E-state index in [0.29, 0.717) is 0 Å². The zero-order chi connectivity index (χ0) is 20.5. The minimum atomic E-state index is -0.711. The molecule has 0 aromatic heterocycles. The molecule has 6 heteroatoms. The Morgan fingerprint density at radius 1 is 1.00 bits per heavy atom. The van der Waals surface area contributed by atoms with E-state index < -0.39 is 5.97 Å². The third-order valence-electron chi connectivity index (χ3n) is 5.50. The van der Waals surface area contributed by atoms with Gasteiger partial charge in [-0.25, -0.2) is 4.39 Å². The Morgan fingerprint density at radius 2 is 1.63 bits per heavy atom. The fraction of sp³-hybridized carbons (Fsp3) is 0.458. The molecule has 0 bridgehead atoms. The van der Waals surface area contributed by atoms with Gasteiger partial charge in [-0.2, -0.15) is 0 Å². The van der Waals surface area contributed by atoms with Gasteiger partial charge in [0.1, 0.15) is 11.9 Å². The van der Waals surface area contributed by atoms with Crippen molar-refractivity contribution in [2.75, 3.05) is 19.6 Å². The minimum absolute atomic E-state index is 0. The van der Waals surface area contributed by atoms with Crippen molar-refractivity contribution in [3.05, 3.63) is 71.5 Å². The summed E-state index contributed by atoms with van der Waals surface area (Å²) < 4.78 is 19.9. The van der Waals surface area contributed by atoms with Crippen LogP contribution in [-0.2, 0) is 9.53 Å². The number of likely N-dealkylation sites (tertiary alicyclic amines) is 1. The van der Waals surface area contributed by atoms with Crippen molar-refractivity contribution >= 4 is 18.4 Å². The topological polar surface area (TPSA) is 49.8 Å². The van der Waals surface area contributed by atoms with Gasteiger partial charge in [-0.15, -0.1) is 12.4 Å². The first-order chi connectivity index (χ1) is 14.1. The standard InChI is InChI=1S/C24H30FNO3.ClH/c25-21-12-10-20(11-13-21)24(19-7-3-1-4-8-19)29-22-14-17-26(18-15-22)16-6-2-5-9-23(27)28;/h1,3-4,7-8,10-13,22,24H,2,5-6,9,14-18H2,(H,27,28);1H. The zero-order valence-corrected chi connectivity index (χ0v) is 18.0. The maximum absolute atomic E-state index is 13.4. The highest BCUT2D eigenvalue weighted by Crippen LogP contribution is 2.30. The van der Waals surface area contributed by atoms with Gasteiger partial charge in [0.2, 0.25) is 0 Å². The van der Waals surface area contributed by atoms with Gasteiger partial charge >= 0.3 is 5.97 Å². The predicted octanol–water partition coefficient (Wildman–Crippen LogP) is 5.46. The van der Waals surface area contributed by atoms with Crippen LogP contribution in [-0.4, -0.2) is 41.7 Å². The SMILES string of the molecule is Cl.O=C(O)CCCCCN1CCC(OC(c2ccccc2)c2ccc(F)cc2)CC1. The van der Waals surface area contributed by atoms with Crippen molar-refractivity contribution in [1.29, 1.82) is 0 Å². The summed E-state index contributed by atoms with van der Waals surface area (Å²) >= 11 is 0. The molecular formula is C24H31ClFNO3. The lowest BCUT2D eigenvalue weighted by Crippen LogP contribution is -2.38. The smallest absolute Gasteiger partial charge is 0.303 e. The quantitative estimate of drug-likeness (QED) is 0.503. The molecule has 1 aliphatic heterocycles. The number of rotatable bonds is 10. The van der Waals surface area contributed by atoms with E-state index in [-0.39, 0.29) is 36.9 Å². The van der Waals surface area contributed by atoms with E-state index in [1.54, 1.807) is 12.1 Å². The Labute approximate surface area is 184 Å². The van der Waals surface area contributed by atoms with Crippen LogP contribution in [0.1, 0.15) is 55.8 Å². The molecule has 1 saturated heterocycles. The summed E-state index contributed by atoms with van der Waals surface area (Å²) in [5, 5.41) is 8.70. The number of carboxylic acid groups (broad SMARTS) is 1. The summed E-state index contributed by atoms with van der Waals surface area (Å²) in [6.07, 6.45) is 4.95. The second kappa shape index (κ2) is 12.7. The molecule has 164 valence electrons. The molecule has 1 unspecified atom stereocenters. The van der Waals surface area contributed by atoms with Crippen LogP contribution in [0.4, 0.5) is 4.39 Å². The van der Waals surface area contributed by atoms with Crippen molar-refractivity contribution in [2.24, 2.45) is 0 Å². The number of halogens is 2. The van der Waals surface area contributed by atoms with E-state index in [1.165, 1.54) is 12.1 Å². The van der Waals surface area contributed by atoms with Crippen LogP contribution in [0.5, 0.6) is 0 Å². The van der Waals surface area contributed by atoms with Gasteiger partial charge in [-0.05, 0) is 55.5 Å². The van der Waals surface area contributed by atoms with Gasteiger partial charge in [0.05, 0.1) is 6.10 Å². The average Bonchev–Trinajstić information content (AvgIpc) is 2.74. The summed E-state index contributed by atoms with van der Waals surface area (Å²) in [4.78, 5) is 13.0. The van der Waals surface area contributed by atoms with Gasteiger partial charge < -0.3 is 14.7 Å². The van der Waals surface area contributed by atoms with Crippen LogP contribution in [0.25, 0.3) is 0 Å². The molecule has 30 heavy (non-hydrogen) atoms. The number of hydrogen-bond donors (Lipinski definition) is 1. The van der Waals surface area contributed by atoms with E-state index in [1.807, 2.05) is 18.2 Å². The van der Waals surface area contributed by atoms with Gasteiger partial charge in [0.25, 0.3) is 0 Å². The average molecular weight is 436 g/mol. The number of ether oxygens (including phenoxy) is 1. The molecule has 3 rings (SSSR count). The number of nitrogens with zero attached hydrogens (tertiary/aromatic N) is 1. The van der Waals surface area contributed by atoms with Crippen molar-refractivity contribution in [3.63, 3.8) is 0 Å². The molecule has 0 radical (unpaired) electrons. The molecule has 1 N–H and O–H groups in total. The Bertz CT molecular complexity index is 749. The highest BCUT2D eigenvalue weighted by molar-refractivity contribution is 5.85. The van der Waals surface area contributed by atoms with Gasteiger partial charge in [-0.3, -0.25) is 4.79 Å². The minimum Gasteiger partial charge on any atom is -0.481 e. The van der Waals surface area contributed by atoms with Crippen molar-refractivity contribution in [3.8, 4) is 0 Å². The van der Waals surface area contributed by atoms with E-state index >= 15 is 0 Å². The van der Waals surface area contributed by atoms with Crippen LogP contribution < -0.4 is 0 Å². The van der Waals surface area contributed by atoms with E-state index in [9.17, 15) is 9.18 Å². The lowest BCUT2D eigenvalue weighted by atomic mass is 10.00. The summed E-state index contributed by atoms with van der Waals surface area (Å²) in [6.45, 7) is 3.01. The van der Waals surface area contributed by atoms with Crippen LogP contribution in [0, 0.1) is 5.82 Å². The maximum atomic E-state index is 13.4. The first-order valence-electron chi connectivity index (χ1n) is 10.5. The lowest BCUT2D eigenvalue weighted by molar-refractivity contribution is -0.137. The second-order valence-electron chi connectivity index (χ2n) is 7.72. The number of carbonyl (C=O) groups is 1. The highest BCUT2D eigenvalue weighted by atomic mass is 35.5. The Balaban J connectivity index is 0.00000320. The Hall–Kier alpha value is -1.95. The number of aliphatic carboxylic acids is 1. The second-order valence-corrected chi connectivity index (χ2v) is 7.72. The van der Waals surface area contributed by atoms with Gasteiger partial charge in [-0.1, -0.05) is 48.9 Å². The maximum Gasteiger partial charge on any atom is 0.303 e. The van der Waals surface area contributed by atoms with E-state index in [4.69, 9.17) is 9.84 Å². The summed E-state index contributed by atoms with van der Waals surface area (Å²) in [5.74, 6) is -0.950. The van der Waals surface area contributed by atoms with Crippen LogP contribution in [0.15, 0.2) is 54.6 Å². The van der Waals surface area contributed by atoms with Gasteiger partial charge in [0.15, 0.2) is 0 Å².